The first-order valence-corrected chi connectivity index (χ1v) is 10.5. The molecular formula is C25H23F4NO5. The average molecular weight is 493 g/mol. The summed E-state index contributed by atoms with van der Waals surface area (Å²) >= 11 is 0. The summed E-state index contributed by atoms with van der Waals surface area (Å²) in [6.45, 7) is -1.05. The van der Waals surface area contributed by atoms with Crippen molar-refractivity contribution in [3.8, 4) is 16.9 Å². The van der Waals surface area contributed by atoms with Gasteiger partial charge in [-0.25, -0.2) is 22.4 Å². The SMILES string of the molecule is CN(c1cc(-c2cccc(F)c2)ccc1F)c1c(F)ccc(OC(CC(CO)CO)C(=O)O)c1F. The van der Waals surface area contributed by atoms with Crippen LogP contribution in [0.5, 0.6) is 5.75 Å². The molecule has 0 saturated heterocycles. The van der Waals surface area contributed by atoms with E-state index in [1.165, 1.54) is 37.4 Å². The molecule has 1 atom stereocenters. The summed E-state index contributed by atoms with van der Waals surface area (Å²) in [5.74, 6) is -6.60. The number of aliphatic hydroxyl groups excluding tert-OH is 2. The van der Waals surface area contributed by atoms with Gasteiger partial charge < -0.3 is 25.0 Å². The van der Waals surface area contributed by atoms with Gasteiger partial charge in [0.15, 0.2) is 17.7 Å². The Labute approximate surface area is 198 Å². The van der Waals surface area contributed by atoms with Gasteiger partial charge in [0, 0.05) is 32.6 Å². The zero-order chi connectivity index (χ0) is 25.7. The highest BCUT2D eigenvalue weighted by Crippen LogP contribution is 2.37. The van der Waals surface area contributed by atoms with Crippen LogP contribution in [0.25, 0.3) is 11.1 Å². The monoisotopic (exact) mass is 493 g/mol. The fourth-order valence-corrected chi connectivity index (χ4v) is 3.52. The van der Waals surface area contributed by atoms with Gasteiger partial charge >= 0.3 is 5.97 Å². The summed E-state index contributed by atoms with van der Waals surface area (Å²) < 4.78 is 63.6. The van der Waals surface area contributed by atoms with Crippen LogP contribution in [0.1, 0.15) is 6.42 Å². The van der Waals surface area contributed by atoms with Crippen LogP contribution in [0.15, 0.2) is 54.6 Å². The Bertz CT molecular complexity index is 1200. The molecule has 186 valence electrons. The van der Waals surface area contributed by atoms with E-state index in [1.54, 1.807) is 6.07 Å². The highest BCUT2D eigenvalue weighted by atomic mass is 19.1. The molecule has 1 unspecified atom stereocenters. The molecule has 0 heterocycles. The molecule has 0 saturated carbocycles. The molecule has 3 aromatic rings. The topological polar surface area (TPSA) is 90.2 Å². The minimum atomic E-state index is -1.65. The molecule has 0 aromatic heterocycles. The second kappa shape index (κ2) is 11.2. The molecule has 3 aromatic carbocycles. The zero-order valence-corrected chi connectivity index (χ0v) is 18.6. The molecule has 0 aliphatic rings. The Balaban J connectivity index is 1.99. The highest BCUT2D eigenvalue weighted by molar-refractivity contribution is 5.74. The van der Waals surface area contributed by atoms with Crippen molar-refractivity contribution in [2.45, 2.75) is 12.5 Å². The third-order valence-corrected chi connectivity index (χ3v) is 5.44. The van der Waals surface area contributed by atoms with E-state index in [9.17, 15) is 33.3 Å². The predicted octanol–water partition coefficient (Wildman–Crippen LogP) is 4.50. The van der Waals surface area contributed by atoms with E-state index >= 15 is 4.39 Å². The molecule has 0 aliphatic heterocycles. The third kappa shape index (κ3) is 5.90. The summed E-state index contributed by atoms with van der Waals surface area (Å²) in [6, 6.07) is 11.0. The number of hydrogen-bond donors (Lipinski definition) is 3. The smallest absolute Gasteiger partial charge is 0.344 e. The van der Waals surface area contributed by atoms with E-state index in [0.29, 0.717) is 11.1 Å². The average Bonchev–Trinajstić information content (AvgIpc) is 2.83. The number of anilines is 2. The van der Waals surface area contributed by atoms with E-state index in [0.717, 1.165) is 23.1 Å². The number of rotatable bonds is 10. The fourth-order valence-electron chi connectivity index (χ4n) is 3.52. The lowest BCUT2D eigenvalue weighted by molar-refractivity contribution is -0.146. The molecule has 0 fully saturated rings. The lowest BCUT2D eigenvalue weighted by Crippen LogP contribution is -2.32. The Morgan fingerprint density at radius 3 is 2.23 bits per heavy atom. The Hall–Kier alpha value is -3.63. The lowest BCUT2D eigenvalue weighted by atomic mass is 10.0. The van der Waals surface area contributed by atoms with E-state index in [1.807, 2.05) is 0 Å². The van der Waals surface area contributed by atoms with Crippen molar-refractivity contribution in [3.63, 3.8) is 0 Å². The molecule has 6 nitrogen and oxygen atoms in total. The van der Waals surface area contributed by atoms with Crippen molar-refractivity contribution in [2.24, 2.45) is 5.92 Å². The second-order valence-corrected chi connectivity index (χ2v) is 7.86. The third-order valence-electron chi connectivity index (χ3n) is 5.44. The fraction of sp³-hybridized carbons (Fsp3) is 0.240. The van der Waals surface area contributed by atoms with Crippen molar-refractivity contribution in [2.75, 3.05) is 25.2 Å². The number of ether oxygens (including phenoxy) is 1. The normalized spacial score (nSPS) is 12.0. The molecular weight excluding hydrogens is 470 g/mol. The first-order chi connectivity index (χ1) is 16.7. The Kier molecular flexibility index (Phi) is 8.31. The number of nitrogens with zero attached hydrogens (tertiary/aromatic N) is 1. The molecule has 35 heavy (non-hydrogen) atoms. The zero-order valence-electron chi connectivity index (χ0n) is 18.6. The lowest BCUT2D eigenvalue weighted by Gasteiger charge is -2.24. The summed E-state index contributed by atoms with van der Waals surface area (Å²) in [7, 11) is 1.21. The van der Waals surface area contributed by atoms with Crippen LogP contribution >= 0.6 is 0 Å². The van der Waals surface area contributed by atoms with Gasteiger partial charge in [0.2, 0.25) is 0 Å². The van der Waals surface area contributed by atoms with E-state index in [2.05, 4.69) is 0 Å². The number of carbonyl (C=O) groups is 1. The number of halogens is 4. The number of carboxylic acid groups (broad SMARTS) is 1. The molecule has 10 heteroatoms. The largest absolute Gasteiger partial charge is 0.479 e. The van der Waals surface area contributed by atoms with Gasteiger partial charge in [0.25, 0.3) is 0 Å². The van der Waals surface area contributed by atoms with Crippen molar-refractivity contribution >= 4 is 17.3 Å². The summed E-state index contributed by atoms with van der Waals surface area (Å²) in [5, 5.41) is 27.8. The van der Waals surface area contributed by atoms with E-state index in [4.69, 9.17) is 4.74 Å². The van der Waals surface area contributed by atoms with Gasteiger partial charge in [0.1, 0.15) is 23.1 Å². The minimum absolute atomic E-state index is 0.225. The summed E-state index contributed by atoms with van der Waals surface area (Å²) in [5.41, 5.74) is -0.116. The molecule has 3 N–H and O–H groups in total. The standard InChI is InChI=1S/C25H23F4NO5/c1-30(20-11-16(5-6-18(20)27)15-3-2-4-17(26)10-15)24-19(28)7-8-21(23(24)29)35-22(25(33)34)9-14(12-31)13-32/h2-8,10-11,14,22,31-32H,9,12-13H2,1H3,(H,33,34). The van der Waals surface area contributed by atoms with Crippen LogP contribution in [0.4, 0.5) is 28.9 Å². The van der Waals surface area contributed by atoms with Crippen molar-refractivity contribution < 1.29 is 42.4 Å². The molecule has 0 radical (unpaired) electrons. The first-order valence-electron chi connectivity index (χ1n) is 10.5. The van der Waals surface area contributed by atoms with Crippen molar-refractivity contribution in [1.29, 1.82) is 0 Å². The quantitative estimate of drug-likeness (QED) is 0.361. The van der Waals surface area contributed by atoms with Gasteiger partial charge in [-0.15, -0.1) is 0 Å². The van der Waals surface area contributed by atoms with Crippen LogP contribution in [0.2, 0.25) is 0 Å². The number of hydrogen-bond acceptors (Lipinski definition) is 5. The van der Waals surface area contributed by atoms with Gasteiger partial charge in [0.05, 0.1) is 5.69 Å². The van der Waals surface area contributed by atoms with Gasteiger partial charge in [-0.2, -0.15) is 0 Å². The van der Waals surface area contributed by atoms with Crippen molar-refractivity contribution in [1.82, 2.24) is 0 Å². The van der Waals surface area contributed by atoms with Crippen molar-refractivity contribution in [3.05, 3.63) is 77.9 Å². The summed E-state index contributed by atoms with van der Waals surface area (Å²) in [6.07, 6.45) is -1.99. The summed E-state index contributed by atoms with van der Waals surface area (Å²) in [4.78, 5) is 12.5. The van der Waals surface area contributed by atoms with Crippen LogP contribution in [0, 0.1) is 29.2 Å². The molecule has 0 bridgehead atoms. The van der Waals surface area contributed by atoms with Gasteiger partial charge in [-0.3, -0.25) is 0 Å². The van der Waals surface area contributed by atoms with Crippen LogP contribution in [-0.2, 0) is 4.79 Å². The second-order valence-electron chi connectivity index (χ2n) is 7.86. The highest BCUT2D eigenvalue weighted by Gasteiger charge is 2.28. The maximum Gasteiger partial charge on any atom is 0.344 e. The minimum Gasteiger partial charge on any atom is -0.479 e. The molecule has 0 spiro atoms. The van der Waals surface area contributed by atoms with Crippen LogP contribution < -0.4 is 9.64 Å². The number of aliphatic carboxylic acids is 1. The first kappa shape index (κ1) is 26.0. The maximum atomic E-state index is 15.3. The Morgan fingerprint density at radius 2 is 1.60 bits per heavy atom. The van der Waals surface area contributed by atoms with E-state index in [-0.39, 0.29) is 12.1 Å². The number of aliphatic hydroxyl groups is 2. The van der Waals surface area contributed by atoms with Crippen LogP contribution in [-0.4, -0.2) is 47.7 Å². The number of benzene rings is 3. The van der Waals surface area contributed by atoms with E-state index < -0.39 is 65.9 Å². The maximum absolute atomic E-state index is 15.3. The van der Waals surface area contributed by atoms with Gasteiger partial charge in [-0.1, -0.05) is 18.2 Å². The molecule has 3 rings (SSSR count). The number of carboxylic acids is 1. The van der Waals surface area contributed by atoms with Crippen LogP contribution in [0.3, 0.4) is 0 Å². The molecule has 0 aliphatic carbocycles. The van der Waals surface area contributed by atoms with Gasteiger partial charge in [-0.05, 0) is 47.5 Å². The molecule has 0 amide bonds. The Morgan fingerprint density at radius 1 is 0.943 bits per heavy atom. The predicted molar refractivity (Wildman–Crippen MR) is 121 cm³/mol.